The molecule has 0 amide bonds. The molecule has 1 N–H and O–H groups in total. The fourth-order valence-electron chi connectivity index (χ4n) is 1.55. The molecular formula is C11H16Cl2N2. The van der Waals surface area contributed by atoms with Crippen LogP contribution in [0.3, 0.4) is 0 Å². The van der Waals surface area contributed by atoms with Gasteiger partial charge in [0.2, 0.25) is 0 Å². The molecule has 0 aliphatic rings. The van der Waals surface area contributed by atoms with Crippen LogP contribution in [0.25, 0.3) is 0 Å². The minimum Gasteiger partial charge on any atom is -0.309 e. The third-order valence-corrected chi connectivity index (χ3v) is 2.70. The Morgan fingerprint density at radius 3 is 2.67 bits per heavy atom. The van der Waals surface area contributed by atoms with Crippen molar-refractivity contribution < 1.29 is 0 Å². The molecular weight excluding hydrogens is 231 g/mol. The molecule has 0 aliphatic heterocycles. The van der Waals surface area contributed by atoms with E-state index in [2.05, 4.69) is 24.1 Å². The standard InChI is InChI=1S/C11H16Cl2N2/c1-3-5-10(14-4-2)11-9(13)6-8(12)7-15-11/h6-7,10,14H,3-5H2,1-2H3. The van der Waals surface area contributed by atoms with E-state index in [1.807, 2.05) is 0 Å². The third kappa shape index (κ3) is 3.63. The number of aromatic nitrogens is 1. The smallest absolute Gasteiger partial charge is 0.0760 e. The summed E-state index contributed by atoms with van der Waals surface area (Å²) in [4.78, 5) is 4.29. The second-order valence-corrected chi connectivity index (χ2v) is 4.26. The van der Waals surface area contributed by atoms with Gasteiger partial charge in [-0.05, 0) is 19.0 Å². The fraction of sp³-hybridized carbons (Fsp3) is 0.545. The first-order valence-corrected chi connectivity index (χ1v) is 5.99. The van der Waals surface area contributed by atoms with Crippen molar-refractivity contribution in [3.8, 4) is 0 Å². The minimum absolute atomic E-state index is 0.227. The van der Waals surface area contributed by atoms with Crippen LogP contribution in [0.2, 0.25) is 10.0 Å². The zero-order valence-corrected chi connectivity index (χ0v) is 10.6. The van der Waals surface area contributed by atoms with Gasteiger partial charge in [0.1, 0.15) is 0 Å². The molecule has 2 nitrogen and oxygen atoms in total. The van der Waals surface area contributed by atoms with E-state index in [4.69, 9.17) is 23.2 Å². The molecule has 0 spiro atoms. The molecule has 84 valence electrons. The molecule has 0 fully saturated rings. The van der Waals surface area contributed by atoms with Crippen LogP contribution in [0.1, 0.15) is 38.4 Å². The molecule has 1 unspecified atom stereocenters. The second kappa shape index (κ2) is 6.31. The number of nitrogens with one attached hydrogen (secondary N) is 1. The van der Waals surface area contributed by atoms with E-state index < -0.39 is 0 Å². The first-order valence-electron chi connectivity index (χ1n) is 5.23. The molecule has 0 aromatic carbocycles. The van der Waals surface area contributed by atoms with Gasteiger partial charge in [0, 0.05) is 6.20 Å². The van der Waals surface area contributed by atoms with Crippen molar-refractivity contribution >= 4 is 23.2 Å². The summed E-state index contributed by atoms with van der Waals surface area (Å²) >= 11 is 11.9. The maximum Gasteiger partial charge on any atom is 0.0760 e. The monoisotopic (exact) mass is 246 g/mol. The summed E-state index contributed by atoms with van der Waals surface area (Å²) in [7, 11) is 0. The summed E-state index contributed by atoms with van der Waals surface area (Å²) in [6.45, 7) is 5.13. The van der Waals surface area contributed by atoms with Gasteiger partial charge in [-0.25, -0.2) is 0 Å². The van der Waals surface area contributed by atoms with Gasteiger partial charge in [-0.3, -0.25) is 4.98 Å². The van der Waals surface area contributed by atoms with E-state index >= 15 is 0 Å². The Labute approximate surface area is 101 Å². The Morgan fingerprint density at radius 1 is 1.40 bits per heavy atom. The second-order valence-electron chi connectivity index (χ2n) is 3.42. The van der Waals surface area contributed by atoms with Gasteiger partial charge in [-0.15, -0.1) is 0 Å². The molecule has 0 bridgehead atoms. The molecule has 0 radical (unpaired) electrons. The van der Waals surface area contributed by atoms with Gasteiger partial charge < -0.3 is 5.32 Å². The van der Waals surface area contributed by atoms with Gasteiger partial charge in [0.15, 0.2) is 0 Å². The molecule has 4 heteroatoms. The van der Waals surface area contributed by atoms with Crippen LogP contribution in [0, 0.1) is 0 Å². The normalized spacial score (nSPS) is 12.8. The van der Waals surface area contributed by atoms with Gasteiger partial charge in [-0.2, -0.15) is 0 Å². The molecule has 1 heterocycles. The predicted octanol–water partition coefficient (Wildman–Crippen LogP) is 3.84. The van der Waals surface area contributed by atoms with E-state index in [0.29, 0.717) is 10.0 Å². The summed E-state index contributed by atoms with van der Waals surface area (Å²) in [6.07, 6.45) is 3.77. The Hall–Kier alpha value is -0.310. The fourth-order valence-corrected chi connectivity index (χ4v) is 2.06. The first-order chi connectivity index (χ1) is 7.19. The highest BCUT2D eigenvalue weighted by Gasteiger charge is 2.14. The van der Waals surface area contributed by atoms with Gasteiger partial charge >= 0.3 is 0 Å². The Bertz CT molecular complexity index is 309. The van der Waals surface area contributed by atoms with Crippen molar-refractivity contribution in [3.05, 3.63) is 28.0 Å². The number of hydrogen-bond donors (Lipinski definition) is 1. The van der Waals surface area contributed by atoms with Crippen LogP contribution in [0.15, 0.2) is 12.3 Å². The maximum absolute atomic E-state index is 6.11. The lowest BCUT2D eigenvalue weighted by Crippen LogP contribution is -2.22. The summed E-state index contributed by atoms with van der Waals surface area (Å²) in [5.74, 6) is 0. The average molecular weight is 247 g/mol. The Kier molecular flexibility index (Phi) is 5.37. The van der Waals surface area contributed by atoms with Crippen molar-refractivity contribution in [2.75, 3.05) is 6.54 Å². The Morgan fingerprint density at radius 2 is 2.13 bits per heavy atom. The highest BCUT2D eigenvalue weighted by molar-refractivity contribution is 6.34. The van der Waals surface area contributed by atoms with Crippen LogP contribution in [0.4, 0.5) is 0 Å². The topological polar surface area (TPSA) is 24.9 Å². The highest BCUT2D eigenvalue weighted by Crippen LogP contribution is 2.26. The van der Waals surface area contributed by atoms with Crippen molar-refractivity contribution in [2.45, 2.75) is 32.7 Å². The molecule has 15 heavy (non-hydrogen) atoms. The zero-order valence-electron chi connectivity index (χ0n) is 9.06. The lowest BCUT2D eigenvalue weighted by atomic mass is 10.1. The van der Waals surface area contributed by atoms with Crippen LogP contribution in [-0.4, -0.2) is 11.5 Å². The summed E-state index contributed by atoms with van der Waals surface area (Å²) in [6, 6.07) is 1.97. The van der Waals surface area contributed by atoms with Crippen molar-refractivity contribution in [1.82, 2.24) is 10.3 Å². The lowest BCUT2D eigenvalue weighted by molar-refractivity contribution is 0.498. The van der Waals surface area contributed by atoms with Gasteiger partial charge in [0.25, 0.3) is 0 Å². The molecule has 0 saturated heterocycles. The summed E-state index contributed by atoms with van der Waals surface area (Å²) < 4.78 is 0. The summed E-state index contributed by atoms with van der Waals surface area (Å²) in [5, 5.41) is 4.59. The first kappa shape index (κ1) is 12.8. The predicted molar refractivity (Wildman–Crippen MR) is 65.6 cm³/mol. The largest absolute Gasteiger partial charge is 0.309 e. The van der Waals surface area contributed by atoms with Crippen molar-refractivity contribution in [1.29, 1.82) is 0 Å². The maximum atomic E-state index is 6.11. The number of hydrogen-bond acceptors (Lipinski definition) is 2. The molecule has 0 aliphatic carbocycles. The average Bonchev–Trinajstić information content (AvgIpc) is 2.17. The van der Waals surface area contributed by atoms with Crippen LogP contribution in [-0.2, 0) is 0 Å². The Balaban J connectivity index is 2.89. The van der Waals surface area contributed by atoms with Crippen molar-refractivity contribution in [2.24, 2.45) is 0 Å². The van der Waals surface area contributed by atoms with Crippen LogP contribution < -0.4 is 5.32 Å². The molecule has 1 rings (SSSR count). The minimum atomic E-state index is 0.227. The zero-order chi connectivity index (χ0) is 11.3. The van der Waals surface area contributed by atoms with Crippen LogP contribution >= 0.6 is 23.2 Å². The molecule has 1 atom stereocenters. The molecule has 0 saturated carbocycles. The van der Waals surface area contributed by atoms with E-state index in [1.54, 1.807) is 12.3 Å². The van der Waals surface area contributed by atoms with Crippen LogP contribution in [0.5, 0.6) is 0 Å². The van der Waals surface area contributed by atoms with E-state index in [1.165, 1.54) is 0 Å². The number of nitrogens with zero attached hydrogens (tertiary/aromatic N) is 1. The quantitative estimate of drug-likeness (QED) is 0.855. The molecule has 1 aromatic heterocycles. The highest BCUT2D eigenvalue weighted by atomic mass is 35.5. The number of halogens is 2. The van der Waals surface area contributed by atoms with E-state index in [9.17, 15) is 0 Å². The third-order valence-electron chi connectivity index (χ3n) is 2.19. The van der Waals surface area contributed by atoms with E-state index in [-0.39, 0.29) is 6.04 Å². The number of pyridine rings is 1. The van der Waals surface area contributed by atoms with E-state index in [0.717, 1.165) is 25.1 Å². The SMILES string of the molecule is CCCC(NCC)c1ncc(Cl)cc1Cl. The summed E-state index contributed by atoms with van der Waals surface area (Å²) in [5.41, 5.74) is 0.893. The van der Waals surface area contributed by atoms with Gasteiger partial charge in [-0.1, -0.05) is 43.5 Å². The number of rotatable bonds is 5. The lowest BCUT2D eigenvalue weighted by Gasteiger charge is -2.17. The van der Waals surface area contributed by atoms with Gasteiger partial charge in [0.05, 0.1) is 21.8 Å². The molecule has 1 aromatic rings. The van der Waals surface area contributed by atoms with Crippen molar-refractivity contribution in [3.63, 3.8) is 0 Å².